The fraction of sp³-hybridized carbons (Fsp3) is 0.360. The van der Waals surface area contributed by atoms with Crippen LogP contribution in [0.3, 0.4) is 0 Å². The van der Waals surface area contributed by atoms with Gasteiger partial charge in [-0.2, -0.15) is 0 Å². The second kappa shape index (κ2) is 9.63. The van der Waals surface area contributed by atoms with E-state index < -0.39 is 0 Å². The Hall–Kier alpha value is -3.37. The van der Waals surface area contributed by atoms with Crippen LogP contribution in [0.5, 0.6) is 11.5 Å². The lowest BCUT2D eigenvalue weighted by Crippen LogP contribution is -2.21. The zero-order chi connectivity index (χ0) is 21.6. The lowest BCUT2D eigenvalue weighted by molar-refractivity contribution is 0.403. The molecule has 0 spiro atoms. The molecule has 4 rings (SSSR count). The SMILES string of the molecule is CN=C(C1=C(N)C(C)=C=CN=C1CCC1CCCC1)c1oncc1Oc1ccccc1. The van der Waals surface area contributed by atoms with Crippen molar-refractivity contribution < 1.29 is 9.26 Å². The molecule has 2 heterocycles. The Bertz CT molecular complexity index is 1080. The molecule has 0 amide bonds. The monoisotopic (exact) mass is 416 g/mol. The summed E-state index contributed by atoms with van der Waals surface area (Å²) in [6.45, 7) is 1.93. The van der Waals surface area contributed by atoms with Gasteiger partial charge in [0.15, 0.2) is 5.75 Å². The van der Waals surface area contributed by atoms with Crippen LogP contribution in [-0.2, 0) is 0 Å². The van der Waals surface area contributed by atoms with E-state index in [0.717, 1.165) is 35.6 Å². The summed E-state index contributed by atoms with van der Waals surface area (Å²) in [5.41, 5.74) is 13.4. The predicted octanol–water partition coefficient (Wildman–Crippen LogP) is 5.58. The molecule has 1 aromatic carbocycles. The van der Waals surface area contributed by atoms with Gasteiger partial charge in [0, 0.05) is 18.2 Å². The Balaban J connectivity index is 1.67. The Morgan fingerprint density at radius 1 is 1.26 bits per heavy atom. The first kappa shape index (κ1) is 20.9. The zero-order valence-corrected chi connectivity index (χ0v) is 18.1. The van der Waals surface area contributed by atoms with E-state index in [9.17, 15) is 0 Å². The highest BCUT2D eigenvalue weighted by molar-refractivity contribution is 6.30. The molecule has 31 heavy (non-hydrogen) atoms. The minimum absolute atomic E-state index is 0.438. The zero-order valence-electron chi connectivity index (χ0n) is 18.1. The lowest BCUT2D eigenvalue weighted by atomic mass is 9.91. The topological polar surface area (TPSA) is 86.0 Å². The van der Waals surface area contributed by atoms with Crippen LogP contribution < -0.4 is 10.5 Å². The second-order valence-electron chi connectivity index (χ2n) is 7.96. The molecule has 1 aliphatic heterocycles. The molecule has 1 aromatic heterocycles. The van der Waals surface area contributed by atoms with Crippen LogP contribution in [0.4, 0.5) is 0 Å². The average molecular weight is 417 g/mol. The summed E-state index contributed by atoms with van der Waals surface area (Å²) in [6.07, 6.45) is 10.4. The molecule has 2 aromatic rings. The molecule has 0 atom stereocenters. The summed E-state index contributed by atoms with van der Waals surface area (Å²) < 4.78 is 11.6. The first-order valence-corrected chi connectivity index (χ1v) is 10.8. The summed E-state index contributed by atoms with van der Waals surface area (Å²) in [4.78, 5) is 9.24. The highest BCUT2D eigenvalue weighted by Crippen LogP contribution is 2.32. The number of para-hydroxylation sites is 1. The number of allylic oxidation sites excluding steroid dienone is 2. The van der Waals surface area contributed by atoms with Crippen molar-refractivity contribution in [3.05, 3.63) is 71.1 Å². The normalized spacial score (nSPS) is 17.5. The highest BCUT2D eigenvalue weighted by atomic mass is 16.5. The number of nitrogens with two attached hydrogens (primary N) is 1. The summed E-state index contributed by atoms with van der Waals surface area (Å²) in [6, 6.07) is 9.52. The van der Waals surface area contributed by atoms with E-state index in [-0.39, 0.29) is 0 Å². The number of hydrogen-bond acceptors (Lipinski definition) is 6. The first-order chi connectivity index (χ1) is 15.2. The minimum atomic E-state index is 0.438. The van der Waals surface area contributed by atoms with Gasteiger partial charge in [-0.1, -0.05) is 54.8 Å². The molecule has 0 radical (unpaired) electrons. The van der Waals surface area contributed by atoms with E-state index in [0.29, 0.717) is 28.7 Å². The number of nitrogens with zero attached hydrogens (tertiary/aromatic N) is 3. The molecular weight excluding hydrogens is 388 g/mol. The van der Waals surface area contributed by atoms with E-state index in [1.54, 1.807) is 19.4 Å². The van der Waals surface area contributed by atoms with Gasteiger partial charge in [-0.05, 0) is 37.8 Å². The molecule has 1 aliphatic carbocycles. The smallest absolute Gasteiger partial charge is 0.227 e. The van der Waals surface area contributed by atoms with Gasteiger partial charge in [0.05, 0.1) is 17.6 Å². The average Bonchev–Trinajstić information content (AvgIpc) is 3.44. The van der Waals surface area contributed by atoms with Crippen LogP contribution in [0.15, 0.2) is 79.8 Å². The summed E-state index contributed by atoms with van der Waals surface area (Å²) in [5.74, 6) is 2.36. The number of ether oxygens (including phenoxy) is 1. The Morgan fingerprint density at radius 2 is 2.03 bits per heavy atom. The van der Waals surface area contributed by atoms with Crippen LogP contribution in [-0.4, -0.2) is 23.6 Å². The number of benzene rings is 1. The van der Waals surface area contributed by atoms with Crippen molar-refractivity contribution in [2.45, 2.75) is 45.4 Å². The van der Waals surface area contributed by atoms with E-state index in [1.807, 2.05) is 37.3 Å². The molecule has 0 saturated heterocycles. The third kappa shape index (κ3) is 4.70. The van der Waals surface area contributed by atoms with Crippen LogP contribution in [0.25, 0.3) is 0 Å². The maximum atomic E-state index is 6.58. The standard InChI is InChI=1S/C25H28N4O2/c1-17-14-15-28-20(13-12-18-8-6-7-9-18)22(23(17)26)24(27-2)25-21(16-29-31-25)30-19-10-4-3-5-11-19/h3-5,10-11,15-16,18H,6-9,12-13,26H2,1-2H3. The van der Waals surface area contributed by atoms with Gasteiger partial charge in [-0.25, -0.2) is 0 Å². The molecule has 6 heteroatoms. The Kier molecular flexibility index (Phi) is 6.48. The third-order valence-corrected chi connectivity index (χ3v) is 5.91. The number of aliphatic imine (C=N–C) groups is 2. The quantitative estimate of drug-likeness (QED) is 0.471. The maximum Gasteiger partial charge on any atom is 0.227 e. The van der Waals surface area contributed by atoms with Gasteiger partial charge in [-0.3, -0.25) is 9.98 Å². The molecule has 2 aliphatic rings. The summed E-state index contributed by atoms with van der Waals surface area (Å²) >= 11 is 0. The Labute approximate surface area is 182 Å². The molecule has 0 unspecified atom stereocenters. The maximum absolute atomic E-state index is 6.58. The minimum Gasteiger partial charge on any atom is -0.451 e. The van der Waals surface area contributed by atoms with Crippen molar-refractivity contribution in [2.24, 2.45) is 21.6 Å². The van der Waals surface area contributed by atoms with Gasteiger partial charge >= 0.3 is 0 Å². The molecule has 1 fully saturated rings. The van der Waals surface area contributed by atoms with Crippen molar-refractivity contribution >= 4 is 11.4 Å². The van der Waals surface area contributed by atoms with Crippen LogP contribution in [0, 0.1) is 5.92 Å². The van der Waals surface area contributed by atoms with Crippen molar-refractivity contribution in [1.82, 2.24) is 5.16 Å². The van der Waals surface area contributed by atoms with Gasteiger partial charge in [-0.15, -0.1) is 0 Å². The van der Waals surface area contributed by atoms with Crippen molar-refractivity contribution in [3.63, 3.8) is 0 Å². The van der Waals surface area contributed by atoms with Crippen LogP contribution in [0.1, 0.15) is 51.2 Å². The van der Waals surface area contributed by atoms with Crippen molar-refractivity contribution in [2.75, 3.05) is 7.05 Å². The summed E-state index contributed by atoms with van der Waals surface area (Å²) in [5, 5.41) is 3.97. The molecule has 160 valence electrons. The number of aromatic nitrogens is 1. The molecule has 6 nitrogen and oxygen atoms in total. The molecule has 2 N–H and O–H groups in total. The second-order valence-corrected chi connectivity index (χ2v) is 7.96. The van der Waals surface area contributed by atoms with Crippen molar-refractivity contribution in [3.8, 4) is 11.5 Å². The lowest BCUT2D eigenvalue weighted by Gasteiger charge is -2.16. The van der Waals surface area contributed by atoms with Crippen LogP contribution in [0.2, 0.25) is 0 Å². The fourth-order valence-corrected chi connectivity index (χ4v) is 4.19. The predicted molar refractivity (Wildman–Crippen MR) is 123 cm³/mol. The van der Waals surface area contributed by atoms with Gasteiger partial charge < -0.3 is 15.0 Å². The summed E-state index contributed by atoms with van der Waals surface area (Å²) in [7, 11) is 1.72. The van der Waals surface area contributed by atoms with E-state index in [4.69, 9.17) is 20.0 Å². The van der Waals surface area contributed by atoms with Gasteiger partial charge in [0.25, 0.3) is 0 Å². The van der Waals surface area contributed by atoms with Gasteiger partial charge in [0.2, 0.25) is 5.76 Å². The third-order valence-electron chi connectivity index (χ3n) is 5.91. The first-order valence-electron chi connectivity index (χ1n) is 10.8. The van der Waals surface area contributed by atoms with Crippen LogP contribution >= 0.6 is 0 Å². The largest absolute Gasteiger partial charge is 0.451 e. The Morgan fingerprint density at radius 3 is 2.77 bits per heavy atom. The van der Waals surface area contributed by atoms with Crippen molar-refractivity contribution in [1.29, 1.82) is 0 Å². The van der Waals surface area contributed by atoms with E-state index in [1.165, 1.54) is 25.7 Å². The number of hydrogen-bond donors (Lipinski definition) is 1. The highest BCUT2D eigenvalue weighted by Gasteiger charge is 2.28. The molecule has 0 bridgehead atoms. The molecule has 1 saturated carbocycles. The fourth-order valence-electron chi connectivity index (χ4n) is 4.19. The number of rotatable bonds is 7. The van der Waals surface area contributed by atoms with E-state index >= 15 is 0 Å². The van der Waals surface area contributed by atoms with Gasteiger partial charge in [0.1, 0.15) is 17.7 Å². The van der Waals surface area contributed by atoms with E-state index in [2.05, 4.69) is 15.9 Å². The molecular formula is C25H28N4O2.